The van der Waals surface area contributed by atoms with Gasteiger partial charge in [-0.2, -0.15) is 0 Å². The molecule has 1 unspecified atom stereocenters. The molecule has 0 aliphatic carbocycles. The van der Waals surface area contributed by atoms with E-state index in [4.69, 9.17) is 0 Å². The summed E-state index contributed by atoms with van der Waals surface area (Å²) < 4.78 is 13.6. The molecule has 3 heteroatoms. The predicted octanol–water partition coefficient (Wildman–Crippen LogP) is 2.69. The highest BCUT2D eigenvalue weighted by atomic mass is 19.1. The van der Waals surface area contributed by atoms with Crippen LogP contribution in [0.25, 0.3) is 0 Å². The van der Waals surface area contributed by atoms with Crippen LogP contribution in [0.15, 0.2) is 6.07 Å². The Labute approximate surface area is 88.5 Å². The van der Waals surface area contributed by atoms with Gasteiger partial charge in [-0.05, 0) is 43.9 Å². The summed E-state index contributed by atoms with van der Waals surface area (Å²) in [7, 11) is 0. The van der Waals surface area contributed by atoms with E-state index in [0.717, 1.165) is 24.1 Å². The van der Waals surface area contributed by atoms with E-state index in [-0.39, 0.29) is 11.4 Å². The van der Waals surface area contributed by atoms with Crippen LogP contribution in [0.4, 0.5) is 10.1 Å². The van der Waals surface area contributed by atoms with Gasteiger partial charge in [0.2, 0.25) is 0 Å². The van der Waals surface area contributed by atoms with Gasteiger partial charge in [0, 0.05) is 11.7 Å². The van der Waals surface area contributed by atoms with E-state index in [1.165, 1.54) is 0 Å². The first kappa shape index (κ1) is 10.1. The van der Waals surface area contributed by atoms with Crippen LogP contribution in [0.5, 0.6) is 0 Å². The van der Waals surface area contributed by atoms with Gasteiger partial charge in [-0.25, -0.2) is 4.39 Å². The molecule has 2 nitrogen and oxygen atoms in total. The molecular weight excluding hydrogens is 193 g/mol. The van der Waals surface area contributed by atoms with Crippen molar-refractivity contribution in [3.8, 4) is 0 Å². The Balaban J connectivity index is 2.57. The molecule has 2 rings (SSSR count). The summed E-state index contributed by atoms with van der Waals surface area (Å²) in [6, 6.07) is 2.00. The lowest BCUT2D eigenvalue weighted by atomic mass is 9.93. The average Bonchev–Trinajstić information content (AvgIpc) is 2.23. The third-order valence-corrected chi connectivity index (χ3v) is 3.02. The molecule has 1 atom stereocenters. The van der Waals surface area contributed by atoms with Crippen molar-refractivity contribution in [1.82, 2.24) is 0 Å². The molecule has 1 aromatic rings. The Morgan fingerprint density at radius 1 is 1.60 bits per heavy atom. The summed E-state index contributed by atoms with van der Waals surface area (Å²) >= 11 is 0. The number of anilines is 1. The predicted molar refractivity (Wildman–Crippen MR) is 57.9 cm³/mol. The molecule has 0 spiro atoms. The third kappa shape index (κ3) is 1.62. The van der Waals surface area contributed by atoms with Crippen molar-refractivity contribution >= 4 is 12.0 Å². The zero-order valence-corrected chi connectivity index (χ0v) is 8.93. The highest BCUT2D eigenvalue weighted by Crippen LogP contribution is 2.30. The number of hydrogen-bond donors (Lipinski definition) is 1. The molecule has 1 aliphatic heterocycles. The normalized spacial score (nSPS) is 19.3. The van der Waals surface area contributed by atoms with E-state index in [2.05, 4.69) is 12.2 Å². The minimum Gasteiger partial charge on any atom is -0.382 e. The van der Waals surface area contributed by atoms with Crippen molar-refractivity contribution in [2.24, 2.45) is 0 Å². The molecule has 0 saturated carbocycles. The van der Waals surface area contributed by atoms with Gasteiger partial charge >= 0.3 is 0 Å². The summed E-state index contributed by atoms with van der Waals surface area (Å²) in [4.78, 5) is 10.7. The lowest BCUT2D eigenvalue weighted by Crippen LogP contribution is -2.23. The maximum atomic E-state index is 13.6. The molecule has 0 aromatic heterocycles. The van der Waals surface area contributed by atoms with Crippen LogP contribution in [0, 0.1) is 12.7 Å². The molecule has 0 radical (unpaired) electrons. The lowest BCUT2D eigenvalue weighted by Gasteiger charge is -2.26. The van der Waals surface area contributed by atoms with Crippen LogP contribution >= 0.6 is 0 Å². The Morgan fingerprint density at radius 3 is 3.00 bits per heavy atom. The lowest BCUT2D eigenvalue weighted by molar-refractivity contribution is 0.111. The number of carbonyl (C=O) groups is 1. The van der Waals surface area contributed by atoms with Gasteiger partial charge in [0.05, 0.1) is 5.56 Å². The first-order valence-electron chi connectivity index (χ1n) is 5.17. The Hall–Kier alpha value is -1.38. The van der Waals surface area contributed by atoms with Gasteiger partial charge in [0.25, 0.3) is 0 Å². The van der Waals surface area contributed by atoms with E-state index in [0.29, 0.717) is 17.9 Å². The van der Waals surface area contributed by atoms with Crippen molar-refractivity contribution in [2.75, 3.05) is 5.32 Å². The summed E-state index contributed by atoms with van der Waals surface area (Å²) in [5, 5.41) is 3.28. The molecule has 0 amide bonds. The van der Waals surface area contributed by atoms with Crippen molar-refractivity contribution in [1.29, 1.82) is 0 Å². The molecule has 80 valence electrons. The number of carbonyl (C=O) groups excluding carboxylic acids is 1. The fourth-order valence-corrected chi connectivity index (χ4v) is 2.09. The molecule has 1 heterocycles. The van der Waals surface area contributed by atoms with Gasteiger partial charge < -0.3 is 5.32 Å². The second kappa shape index (κ2) is 3.65. The fourth-order valence-electron chi connectivity index (χ4n) is 2.09. The summed E-state index contributed by atoms with van der Waals surface area (Å²) in [5.74, 6) is -0.375. The highest BCUT2D eigenvalue weighted by Gasteiger charge is 2.20. The third-order valence-electron chi connectivity index (χ3n) is 3.02. The van der Waals surface area contributed by atoms with Gasteiger partial charge in [0.15, 0.2) is 6.29 Å². The van der Waals surface area contributed by atoms with Crippen molar-refractivity contribution < 1.29 is 9.18 Å². The van der Waals surface area contributed by atoms with E-state index in [1.807, 2.05) is 0 Å². The summed E-state index contributed by atoms with van der Waals surface area (Å²) in [6.45, 7) is 3.82. The van der Waals surface area contributed by atoms with Crippen LogP contribution in [0.3, 0.4) is 0 Å². The van der Waals surface area contributed by atoms with Crippen LogP contribution < -0.4 is 5.32 Å². The number of fused-ring (bicyclic) bond motifs is 1. The standard InChI is InChI=1S/C12H14FNO/c1-7-3-4-10-8(2)12(13)9(6-15)5-11(10)14-7/h5-7,14H,3-4H2,1-2H3. The number of nitrogens with one attached hydrogen (secondary N) is 1. The number of rotatable bonds is 1. The average molecular weight is 207 g/mol. The fraction of sp³-hybridized carbons (Fsp3) is 0.417. The Morgan fingerprint density at radius 2 is 2.33 bits per heavy atom. The number of halogens is 1. The molecule has 1 aliphatic rings. The van der Waals surface area contributed by atoms with Crippen LogP contribution in [0.2, 0.25) is 0 Å². The minimum atomic E-state index is -0.375. The second-order valence-corrected chi connectivity index (χ2v) is 4.13. The van der Waals surface area contributed by atoms with E-state index in [9.17, 15) is 9.18 Å². The first-order chi connectivity index (χ1) is 7.13. The van der Waals surface area contributed by atoms with E-state index < -0.39 is 0 Å². The maximum Gasteiger partial charge on any atom is 0.153 e. The SMILES string of the molecule is Cc1c(F)c(C=O)cc2c1CCC(C)N2. The minimum absolute atomic E-state index is 0.146. The molecular formula is C12H14FNO. The molecule has 1 N–H and O–H groups in total. The molecule has 0 fully saturated rings. The van der Waals surface area contributed by atoms with Crippen molar-refractivity contribution in [2.45, 2.75) is 32.7 Å². The van der Waals surface area contributed by atoms with Gasteiger partial charge in [-0.1, -0.05) is 0 Å². The van der Waals surface area contributed by atoms with Gasteiger partial charge in [0.1, 0.15) is 5.82 Å². The molecule has 15 heavy (non-hydrogen) atoms. The van der Waals surface area contributed by atoms with Crippen molar-refractivity contribution in [3.05, 3.63) is 28.6 Å². The van der Waals surface area contributed by atoms with Crippen molar-refractivity contribution in [3.63, 3.8) is 0 Å². The van der Waals surface area contributed by atoms with Crippen LogP contribution in [0.1, 0.15) is 34.8 Å². The zero-order valence-electron chi connectivity index (χ0n) is 8.93. The first-order valence-corrected chi connectivity index (χ1v) is 5.17. The Bertz CT molecular complexity index is 415. The Kier molecular flexibility index (Phi) is 2.47. The van der Waals surface area contributed by atoms with Gasteiger partial charge in [-0.3, -0.25) is 4.79 Å². The quantitative estimate of drug-likeness (QED) is 0.717. The smallest absolute Gasteiger partial charge is 0.153 e. The largest absolute Gasteiger partial charge is 0.382 e. The second-order valence-electron chi connectivity index (χ2n) is 4.13. The molecule has 1 aromatic carbocycles. The van der Waals surface area contributed by atoms with Gasteiger partial charge in [-0.15, -0.1) is 0 Å². The van der Waals surface area contributed by atoms with Crippen LogP contribution in [-0.2, 0) is 6.42 Å². The van der Waals surface area contributed by atoms with Crippen LogP contribution in [-0.4, -0.2) is 12.3 Å². The van der Waals surface area contributed by atoms with E-state index in [1.54, 1.807) is 13.0 Å². The summed E-state index contributed by atoms with van der Waals surface area (Å²) in [6.07, 6.45) is 2.46. The highest BCUT2D eigenvalue weighted by molar-refractivity contribution is 5.79. The molecule has 0 saturated heterocycles. The molecule has 0 bridgehead atoms. The number of benzene rings is 1. The number of aldehydes is 1. The maximum absolute atomic E-state index is 13.6. The monoisotopic (exact) mass is 207 g/mol. The zero-order chi connectivity index (χ0) is 11.0. The van der Waals surface area contributed by atoms with E-state index >= 15 is 0 Å². The summed E-state index contributed by atoms with van der Waals surface area (Å²) in [5.41, 5.74) is 2.67. The number of hydrogen-bond acceptors (Lipinski definition) is 2. The topological polar surface area (TPSA) is 29.1 Å².